The van der Waals surface area contributed by atoms with Crippen molar-refractivity contribution in [1.82, 2.24) is 4.98 Å². The van der Waals surface area contributed by atoms with E-state index in [4.69, 9.17) is 0 Å². The van der Waals surface area contributed by atoms with Crippen LogP contribution in [-0.4, -0.2) is 18.1 Å². The van der Waals surface area contributed by atoms with Gasteiger partial charge in [0.2, 0.25) is 0 Å². The van der Waals surface area contributed by atoms with Crippen molar-refractivity contribution in [3.05, 3.63) is 22.8 Å². The molecule has 2 nitrogen and oxygen atoms in total. The Bertz CT molecular complexity index is 282. The smallest absolute Gasteiger partial charge is 0.129 e. The summed E-state index contributed by atoms with van der Waals surface area (Å²) >= 11 is 3.36. The van der Waals surface area contributed by atoms with E-state index in [2.05, 4.69) is 38.8 Å². The highest BCUT2D eigenvalue weighted by molar-refractivity contribution is 9.10. The maximum Gasteiger partial charge on any atom is 0.129 e. The maximum atomic E-state index is 4.37. The van der Waals surface area contributed by atoms with E-state index in [0.29, 0.717) is 0 Å². The van der Waals surface area contributed by atoms with Gasteiger partial charge in [0, 0.05) is 13.1 Å². The van der Waals surface area contributed by atoms with Crippen molar-refractivity contribution in [2.75, 3.05) is 18.0 Å². The number of halogens is 1. The van der Waals surface area contributed by atoms with E-state index in [1.165, 1.54) is 0 Å². The summed E-state index contributed by atoms with van der Waals surface area (Å²) in [5, 5.41) is 0. The van der Waals surface area contributed by atoms with E-state index in [-0.39, 0.29) is 0 Å². The van der Waals surface area contributed by atoms with Crippen molar-refractivity contribution < 1.29 is 0 Å². The second kappa shape index (κ2) is 3.05. The quantitative estimate of drug-likeness (QED) is 0.684. The van der Waals surface area contributed by atoms with Crippen LogP contribution in [0.3, 0.4) is 0 Å². The molecule has 2 rings (SSSR count). The van der Waals surface area contributed by atoms with Crippen LogP contribution >= 0.6 is 15.9 Å². The summed E-state index contributed by atoms with van der Waals surface area (Å²) in [6.45, 7) is 4.54. The molecule has 2 heterocycles. The molecule has 64 valence electrons. The number of nitrogens with zero attached hydrogens (tertiary/aromatic N) is 2. The van der Waals surface area contributed by atoms with E-state index in [1.54, 1.807) is 0 Å². The van der Waals surface area contributed by atoms with Crippen LogP contribution in [0, 0.1) is 5.92 Å². The Morgan fingerprint density at radius 1 is 1.50 bits per heavy atom. The van der Waals surface area contributed by atoms with Gasteiger partial charge in [-0.2, -0.15) is 0 Å². The highest BCUT2D eigenvalue weighted by atomic mass is 79.9. The number of pyridine rings is 1. The molecule has 12 heavy (non-hydrogen) atoms. The molecule has 0 amide bonds. The monoisotopic (exact) mass is 226 g/mol. The minimum absolute atomic E-state index is 0.825. The standard InChI is InChI=1S/C9H11BrN2/c1-7-5-12(6-7)9-4-2-3-8(10)11-9/h2-4,7H,5-6H2,1H3. The van der Waals surface area contributed by atoms with Gasteiger partial charge in [0.15, 0.2) is 0 Å². The largest absolute Gasteiger partial charge is 0.356 e. The zero-order valence-corrected chi connectivity index (χ0v) is 8.58. The molecular formula is C9H11BrN2. The van der Waals surface area contributed by atoms with Crippen LogP contribution < -0.4 is 4.90 Å². The predicted molar refractivity (Wildman–Crippen MR) is 53.3 cm³/mol. The Kier molecular flexibility index (Phi) is 2.05. The number of hydrogen-bond donors (Lipinski definition) is 0. The topological polar surface area (TPSA) is 16.1 Å². The molecule has 1 aromatic heterocycles. The summed E-state index contributed by atoms with van der Waals surface area (Å²) in [5.74, 6) is 1.91. The van der Waals surface area contributed by atoms with Gasteiger partial charge in [-0.15, -0.1) is 0 Å². The molecular weight excluding hydrogens is 216 g/mol. The van der Waals surface area contributed by atoms with Gasteiger partial charge in [-0.05, 0) is 34.0 Å². The van der Waals surface area contributed by atoms with E-state index >= 15 is 0 Å². The van der Waals surface area contributed by atoms with E-state index in [1.807, 2.05) is 12.1 Å². The molecule has 0 saturated carbocycles. The van der Waals surface area contributed by atoms with Gasteiger partial charge in [-0.25, -0.2) is 4.98 Å². The Morgan fingerprint density at radius 3 is 2.83 bits per heavy atom. The average molecular weight is 227 g/mol. The van der Waals surface area contributed by atoms with Gasteiger partial charge in [0.1, 0.15) is 10.4 Å². The first-order chi connectivity index (χ1) is 5.75. The molecule has 0 aromatic carbocycles. The number of aromatic nitrogens is 1. The van der Waals surface area contributed by atoms with Crippen molar-refractivity contribution >= 4 is 21.7 Å². The SMILES string of the molecule is CC1CN(c2cccc(Br)n2)C1. The second-order valence-corrected chi connectivity index (χ2v) is 4.14. The zero-order valence-electron chi connectivity index (χ0n) is 7.00. The summed E-state index contributed by atoms with van der Waals surface area (Å²) in [7, 11) is 0. The third-order valence-electron chi connectivity index (χ3n) is 2.09. The molecule has 0 N–H and O–H groups in total. The lowest BCUT2D eigenvalue weighted by Gasteiger charge is -2.38. The van der Waals surface area contributed by atoms with Crippen LogP contribution in [0.5, 0.6) is 0 Å². The highest BCUT2D eigenvalue weighted by Gasteiger charge is 2.23. The summed E-state index contributed by atoms with van der Waals surface area (Å²) in [6.07, 6.45) is 0. The molecule has 0 spiro atoms. The highest BCUT2D eigenvalue weighted by Crippen LogP contribution is 2.23. The zero-order chi connectivity index (χ0) is 8.55. The van der Waals surface area contributed by atoms with Crippen molar-refractivity contribution in [3.8, 4) is 0 Å². The van der Waals surface area contributed by atoms with Gasteiger partial charge in [-0.3, -0.25) is 0 Å². The van der Waals surface area contributed by atoms with Crippen molar-refractivity contribution in [2.45, 2.75) is 6.92 Å². The summed E-state index contributed by atoms with van der Waals surface area (Å²) in [6, 6.07) is 6.03. The van der Waals surface area contributed by atoms with E-state index < -0.39 is 0 Å². The fourth-order valence-electron chi connectivity index (χ4n) is 1.46. The Morgan fingerprint density at radius 2 is 2.25 bits per heavy atom. The molecule has 3 heteroatoms. The van der Waals surface area contributed by atoms with Crippen molar-refractivity contribution in [3.63, 3.8) is 0 Å². The Hall–Kier alpha value is -0.570. The number of rotatable bonds is 1. The van der Waals surface area contributed by atoms with Crippen molar-refractivity contribution in [1.29, 1.82) is 0 Å². The molecule has 1 saturated heterocycles. The first-order valence-corrected chi connectivity index (χ1v) is 4.92. The third-order valence-corrected chi connectivity index (χ3v) is 2.53. The minimum atomic E-state index is 0.825. The maximum absolute atomic E-state index is 4.37. The third kappa shape index (κ3) is 1.46. The van der Waals surface area contributed by atoms with Gasteiger partial charge in [0.05, 0.1) is 0 Å². The van der Waals surface area contributed by atoms with Gasteiger partial charge in [0.25, 0.3) is 0 Å². The Labute approximate surface area is 80.7 Å². The van der Waals surface area contributed by atoms with Crippen LogP contribution in [0.25, 0.3) is 0 Å². The summed E-state index contributed by atoms with van der Waals surface area (Å²) < 4.78 is 0.916. The molecule has 1 fully saturated rings. The van der Waals surface area contributed by atoms with Crippen LogP contribution in [0.4, 0.5) is 5.82 Å². The molecule has 0 unspecified atom stereocenters. The lowest BCUT2D eigenvalue weighted by atomic mass is 10.0. The molecule has 0 aliphatic carbocycles. The average Bonchev–Trinajstić information content (AvgIpc) is 1.99. The van der Waals surface area contributed by atoms with Gasteiger partial charge in [-0.1, -0.05) is 13.0 Å². The molecule has 1 aromatic rings. The number of hydrogen-bond acceptors (Lipinski definition) is 2. The summed E-state index contributed by atoms with van der Waals surface area (Å²) in [4.78, 5) is 6.66. The lowest BCUT2D eigenvalue weighted by molar-refractivity contribution is 0.443. The van der Waals surface area contributed by atoms with E-state index in [0.717, 1.165) is 29.4 Å². The summed E-state index contributed by atoms with van der Waals surface area (Å²) in [5.41, 5.74) is 0. The molecule has 1 aliphatic rings. The van der Waals surface area contributed by atoms with E-state index in [9.17, 15) is 0 Å². The van der Waals surface area contributed by atoms with Crippen LogP contribution in [0.2, 0.25) is 0 Å². The molecule has 0 bridgehead atoms. The number of anilines is 1. The first kappa shape index (κ1) is 8.05. The van der Waals surface area contributed by atoms with Crippen LogP contribution in [0.1, 0.15) is 6.92 Å². The minimum Gasteiger partial charge on any atom is -0.356 e. The predicted octanol–water partition coefficient (Wildman–Crippen LogP) is 2.30. The fraction of sp³-hybridized carbons (Fsp3) is 0.444. The fourth-order valence-corrected chi connectivity index (χ4v) is 1.79. The van der Waals surface area contributed by atoms with Crippen molar-refractivity contribution in [2.24, 2.45) is 5.92 Å². The van der Waals surface area contributed by atoms with Gasteiger partial charge >= 0.3 is 0 Å². The van der Waals surface area contributed by atoms with Crippen LogP contribution in [0.15, 0.2) is 22.8 Å². The molecule has 0 atom stereocenters. The first-order valence-electron chi connectivity index (χ1n) is 4.13. The molecule has 0 radical (unpaired) electrons. The van der Waals surface area contributed by atoms with Crippen LogP contribution in [-0.2, 0) is 0 Å². The normalized spacial score (nSPS) is 17.7. The van der Waals surface area contributed by atoms with Gasteiger partial charge < -0.3 is 4.90 Å². The lowest BCUT2D eigenvalue weighted by Crippen LogP contribution is -2.45. The Balaban J connectivity index is 2.13. The molecule has 1 aliphatic heterocycles. The second-order valence-electron chi connectivity index (χ2n) is 3.33.